The molecule has 2 aromatic carbocycles. The zero-order valence-electron chi connectivity index (χ0n) is 8.56. The fourth-order valence-electron chi connectivity index (χ4n) is 1.35. The lowest BCUT2D eigenvalue weighted by molar-refractivity contribution is 0.297. The van der Waals surface area contributed by atoms with Gasteiger partial charge >= 0.3 is 0 Å². The van der Waals surface area contributed by atoms with E-state index in [1.165, 1.54) is 0 Å². The first-order valence-electron chi connectivity index (χ1n) is 4.91. The molecule has 0 aliphatic heterocycles. The Balaban J connectivity index is 2.09. The van der Waals surface area contributed by atoms with Gasteiger partial charge in [0.15, 0.2) is 0 Å². The third-order valence-corrected chi connectivity index (χ3v) is 2.87. The zero-order chi connectivity index (χ0) is 11.4. The maximum Gasteiger partial charge on any atom is 0.133 e. The van der Waals surface area contributed by atoms with Crippen molar-refractivity contribution < 1.29 is 9.84 Å². The second-order valence-corrected chi connectivity index (χ2v) is 4.20. The van der Waals surface area contributed by atoms with Gasteiger partial charge in [0.2, 0.25) is 0 Å². The van der Waals surface area contributed by atoms with Gasteiger partial charge in [-0.3, -0.25) is 0 Å². The molecule has 0 saturated heterocycles. The fourth-order valence-corrected chi connectivity index (χ4v) is 1.75. The highest BCUT2D eigenvalue weighted by atomic mass is 79.9. The number of aromatic hydroxyl groups is 1. The van der Waals surface area contributed by atoms with Gasteiger partial charge in [-0.1, -0.05) is 30.3 Å². The van der Waals surface area contributed by atoms with Crippen molar-refractivity contribution in [3.63, 3.8) is 0 Å². The van der Waals surface area contributed by atoms with E-state index in [0.717, 1.165) is 15.8 Å². The predicted molar refractivity (Wildman–Crippen MR) is 66.6 cm³/mol. The number of halogens is 1. The number of rotatable bonds is 3. The molecule has 2 aromatic rings. The van der Waals surface area contributed by atoms with Crippen molar-refractivity contribution in [3.8, 4) is 11.5 Å². The average molecular weight is 279 g/mol. The number of hydrogen-bond donors (Lipinski definition) is 1. The van der Waals surface area contributed by atoms with Crippen LogP contribution in [-0.2, 0) is 6.61 Å². The summed E-state index contributed by atoms with van der Waals surface area (Å²) in [5.41, 5.74) is 0.776. The third kappa shape index (κ3) is 2.55. The minimum absolute atomic E-state index is 0.259. The first-order valence-corrected chi connectivity index (χ1v) is 5.71. The Bertz CT molecular complexity index is 437. The second-order valence-electron chi connectivity index (χ2n) is 3.35. The smallest absolute Gasteiger partial charge is 0.133 e. The molecule has 0 aliphatic rings. The Labute approximate surface area is 103 Å². The molecular formula is C13H11BrO2. The molecule has 0 unspecified atom stereocenters. The highest BCUT2D eigenvalue weighted by Crippen LogP contribution is 2.26. The van der Waals surface area contributed by atoms with E-state index in [0.29, 0.717) is 6.61 Å². The summed E-state index contributed by atoms with van der Waals surface area (Å²) >= 11 is 3.40. The van der Waals surface area contributed by atoms with E-state index in [2.05, 4.69) is 15.9 Å². The summed E-state index contributed by atoms with van der Waals surface area (Å²) in [6.45, 7) is 0.356. The molecule has 0 aliphatic carbocycles. The van der Waals surface area contributed by atoms with Gasteiger partial charge in [-0.2, -0.15) is 0 Å². The third-order valence-electron chi connectivity index (χ3n) is 2.21. The summed E-state index contributed by atoms with van der Waals surface area (Å²) in [6, 6.07) is 14.8. The zero-order valence-corrected chi connectivity index (χ0v) is 10.1. The molecule has 0 aromatic heterocycles. The molecular weight excluding hydrogens is 268 g/mol. The summed E-state index contributed by atoms with van der Waals surface area (Å²) in [5.74, 6) is 1.03. The van der Waals surface area contributed by atoms with Gasteiger partial charge in [-0.25, -0.2) is 0 Å². The Morgan fingerprint density at radius 2 is 1.69 bits per heavy atom. The summed E-state index contributed by atoms with van der Waals surface area (Å²) in [4.78, 5) is 0. The van der Waals surface area contributed by atoms with Crippen LogP contribution in [0.5, 0.6) is 11.5 Å². The SMILES string of the molecule is Oc1ccccc1COc1ccccc1Br. The monoisotopic (exact) mass is 278 g/mol. The van der Waals surface area contributed by atoms with Crippen LogP contribution in [0.1, 0.15) is 5.56 Å². The van der Waals surface area contributed by atoms with Gasteiger partial charge in [0, 0.05) is 5.56 Å². The van der Waals surface area contributed by atoms with Crippen molar-refractivity contribution in [1.82, 2.24) is 0 Å². The molecule has 0 radical (unpaired) electrons. The average Bonchev–Trinajstić information content (AvgIpc) is 2.30. The molecule has 0 heterocycles. The Morgan fingerprint density at radius 1 is 1.00 bits per heavy atom. The summed E-state index contributed by atoms with van der Waals surface area (Å²) in [7, 11) is 0. The van der Waals surface area contributed by atoms with Gasteiger partial charge in [0.25, 0.3) is 0 Å². The quantitative estimate of drug-likeness (QED) is 0.927. The molecule has 16 heavy (non-hydrogen) atoms. The molecule has 0 saturated carbocycles. The minimum Gasteiger partial charge on any atom is -0.508 e. The van der Waals surface area contributed by atoms with Crippen LogP contribution in [0.25, 0.3) is 0 Å². The van der Waals surface area contributed by atoms with E-state index < -0.39 is 0 Å². The first-order chi connectivity index (χ1) is 7.77. The van der Waals surface area contributed by atoms with Crippen LogP contribution in [0.15, 0.2) is 53.0 Å². The highest BCUT2D eigenvalue weighted by Gasteiger charge is 2.02. The lowest BCUT2D eigenvalue weighted by Gasteiger charge is -2.08. The molecule has 0 amide bonds. The second kappa shape index (κ2) is 5.03. The van der Waals surface area contributed by atoms with Crippen molar-refractivity contribution in [1.29, 1.82) is 0 Å². The number of benzene rings is 2. The Hall–Kier alpha value is -1.48. The highest BCUT2D eigenvalue weighted by molar-refractivity contribution is 9.10. The fraction of sp³-hybridized carbons (Fsp3) is 0.0769. The topological polar surface area (TPSA) is 29.5 Å². The molecule has 0 fully saturated rings. The van der Waals surface area contributed by atoms with Crippen LogP contribution in [0, 0.1) is 0 Å². The molecule has 2 rings (SSSR count). The van der Waals surface area contributed by atoms with Crippen LogP contribution in [-0.4, -0.2) is 5.11 Å². The van der Waals surface area contributed by atoms with Crippen molar-refractivity contribution in [2.45, 2.75) is 6.61 Å². The van der Waals surface area contributed by atoms with E-state index in [4.69, 9.17) is 4.74 Å². The predicted octanol–water partition coefficient (Wildman–Crippen LogP) is 3.73. The van der Waals surface area contributed by atoms with Crippen molar-refractivity contribution in [2.75, 3.05) is 0 Å². The van der Waals surface area contributed by atoms with Crippen LogP contribution >= 0.6 is 15.9 Å². The summed E-state index contributed by atoms with van der Waals surface area (Å²) in [6.07, 6.45) is 0. The largest absolute Gasteiger partial charge is 0.508 e. The normalized spacial score (nSPS) is 10.1. The van der Waals surface area contributed by atoms with E-state index in [9.17, 15) is 5.11 Å². The Kier molecular flexibility index (Phi) is 3.47. The number of phenols is 1. The van der Waals surface area contributed by atoms with Crippen LogP contribution in [0.3, 0.4) is 0 Å². The molecule has 1 N–H and O–H groups in total. The van der Waals surface area contributed by atoms with Gasteiger partial charge in [0.1, 0.15) is 18.1 Å². The lowest BCUT2D eigenvalue weighted by atomic mass is 10.2. The molecule has 2 nitrogen and oxygen atoms in total. The standard InChI is InChI=1S/C13H11BrO2/c14-11-6-2-4-8-13(11)16-9-10-5-1-3-7-12(10)15/h1-8,15H,9H2. The summed E-state index contributed by atoms with van der Waals surface area (Å²) < 4.78 is 6.50. The van der Waals surface area contributed by atoms with Crippen LogP contribution in [0.2, 0.25) is 0 Å². The van der Waals surface area contributed by atoms with Crippen molar-refractivity contribution >= 4 is 15.9 Å². The van der Waals surface area contributed by atoms with Gasteiger partial charge in [-0.15, -0.1) is 0 Å². The van der Waals surface area contributed by atoms with E-state index in [1.54, 1.807) is 12.1 Å². The molecule has 0 atom stereocenters. The van der Waals surface area contributed by atoms with Gasteiger partial charge in [-0.05, 0) is 34.1 Å². The maximum absolute atomic E-state index is 9.57. The number of hydrogen-bond acceptors (Lipinski definition) is 2. The minimum atomic E-state index is 0.259. The molecule has 0 bridgehead atoms. The molecule has 0 spiro atoms. The van der Waals surface area contributed by atoms with Gasteiger partial charge in [0.05, 0.1) is 4.47 Å². The Morgan fingerprint density at radius 3 is 2.44 bits per heavy atom. The number of ether oxygens (including phenoxy) is 1. The molecule has 3 heteroatoms. The lowest BCUT2D eigenvalue weighted by Crippen LogP contribution is -1.96. The van der Waals surface area contributed by atoms with Crippen molar-refractivity contribution in [2.24, 2.45) is 0 Å². The number of para-hydroxylation sites is 2. The first kappa shape index (κ1) is 11.0. The summed E-state index contributed by atoms with van der Waals surface area (Å²) in [5, 5.41) is 9.57. The van der Waals surface area contributed by atoms with Crippen LogP contribution < -0.4 is 4.74 Å². The van der Waals surface area contributed by atoms with Crippen molar-refractivity contribution in [3.05, 3.63) is 58.6 Å². The molecule has 82 valence electrons. The number of phenolic OH excluding ortho intramolecular Hbond substituents is 1. The maximum atomic E-state index is 9.57. The van der Waals surface area contributed by atoms with Gasteiger partial charge < -0.3 is 9.84 Å². The van der Waals surface area contributed by atoms with E-state index in [1.807, 2.05) is 36.4 Å². The van der Waals surface area contributed by atoms with E-state index in [-0.39, 0.29) is 5.75 Å². The van der Waals surface area contributed by atoms with E-state index >= 15 is 0 Å². The van der Waals surface area contributed by atoms with Crippen LogP contribution in [0.4, 0.5) is 0 Å².